The fraction of sp³-hybridized carbons (Fsp3) is 0.222. The first-order valence-corrected chi connectivity index (χ1v) is 9.68. The van der Waals surface area contributed by atoms with E-state index in [-0.39, 0.29) is 22.9 Å². The van der Waals surface area contributed by atoms with Crippen LogP contribution in [0.4, 0.5) is 10.1 Å². The van der Waals surface area contributed by atoms with Crippen molar-refractivity contribution in [2.45, 2.75) is 30.8 Å². The van der Waals surface area contributed by atoms with Crippen LogP contribution in [0, 0.1) is 5.82 Å². The maximum atomic E-state index is 13.2. The lowest BCUT2D eigenvalue weighted by Gasteiger charge is -2.25. The molecule has 9 heteroatoms. The van der Waals surface area contributed by atoms with Crippen molar-refractivity contribution in [2.75, 3.05) is 5.32 Å². The molecule has 3 rings (SSSR count). The zero-order valence-corrected chi connectivity index (χ0v) is 15.2. The average molecular weight is 392 g/mol. The zero-order valence-electron chi connectivity index (χ0n) is 14.4. The number of rotatable bonds is 5. The largest absolute Gasteiger partial charge is 0.478 e. The summed E-state index contributed by atoms with van der Waals surface area (Å²) in [4.78, 5) is 23.7. The Balaban J connectivity index is 1.76. The number of nitrogens with one attached hydrogen (secondary N) is 2. The quantitative estimate of drug-likeness (QED) is 0.810. The summed E-state index contributed by atoms with van der Waals surface area (Å²) < 4.78 is 45.5. The Kier molecular flexibility index (Phi) is 5.13. The van der Waals surface area contributed by atoms with Crippen LogP contribution in [0.15, 0.2) is 47.4 Å². The van der Waals surface area contributed by atoms with Gasteiger partial charge in [-0.25, -0.2) is 17.5 Å². The molecule has 2 aromatic rings. The smallest absolute Gasteiger partial charge is 0.265 e. The number of carbonyl (C=O) groups is 2. The Morgan fingerprint density at radius 3 is 2.74 bits per heavy atom. The Labute approximate surface area is 155 Å². The van der Waals surface area contributed by atoms with Crippen LogP contribution in [0.25, 0.3) is 0 Å². The van der Waals surface area contributed by atoms with E-state index in [0.29, 0.717) is 17.7 Å². The summed E-state index contributed by atoms with van der Waals surface area (Å²) in [5.41, 5.74) is 0.560. The summed E-state index contributed by atoms with van der Waals surface area (Å²) in [5.74, 6) is -1.33. The predicted molar refractivity (Wildman–Crippen MR) is 95.2 cm³/mol. The summed E-state index contributed by atoms with van der Waals surface area (Å²) in [5, 5.41) is 2.59. The van der Waals surface area contributed by atoms with E-state index in [1.54, 1.807) is 6.92 Å². The number of halogens is 1. The average Bonchev–Trinajstić information content (AvgIpc) is 2.60. The molecule has 2 amide bonds. The van der Waals surface area contributed by atoms with Gasteiger partial charge in [0.2, 0.25) is 5.91 Å². The molecule has 0 aliphatic carbocycles. The van der Waals surface area contributed by atoms with Gasteiger partial charge >= 0.3 is 0 Å². The molecule has 0 fully saturated rings. The van der Waals surface area contributed by atoms with Crippen molar-refractivity contribution >= 4 is 27.5 Å². The van der Waals surface area contributed by atoms with Crippen molar-refractivity contribution < 1.29 is 27.1 Å². The molecule has 0 bridgehead atoms. The summed E-state index contributed by atoms with van der Waals surface area (Å²) in [6.45, 7) is 1.79. The van der Waals surface area contributed by atoms with Crippen molar-refractivity contribution in [3.05, 3.63) is 53.8 Å². The molecular weight excluding hydrogens is 375 g/mol. The lowest BCUT2D eigenvalue weighted by atomic mass is 10.1. The fourth-order valence-electron chi connectivity index (χ4n) is 2.64. The molecule has 0 unspecified atom stereocenters. The Bertz CT molecular complexity index is 1010. The molecule has 2 aromatic carbocycles. The van der Waals surface area contributed by atoms with E-state index in [9.17, 15) is 22.4 Å². The third kappa shape index (κ3) is 4.25. The summed E-state index contributed by atoms with van der Waals surface area (Å²) in [6.07, 6.45) is -0.451. The van der Waals surface area contributed by atoms with Gasteiger partial charge in [-0.05, 0) is 42.3 Å². The minimum atomic E-state index is -4.16. The third-order valence-corrected chi connectivity index (χ3v) is 5.32. The van der Waals surface area contributed by atoms with Gasteiger partial charge in [-0.1, -0.05) is 19.1 Å². The first-order chi connectivity index (χ1) is 12.8. The standard InChI is InChI=1S/C18H17FN2O5S/c1-2-15-18(23)20-14-10-13(6-7-16(14)26-15)27(24,25)21-17(22)9-11-4-3-5-12(19)8-11/h3-8,10,15H,2,9H2,1H3,(H,20,23)(H,21,22)/t15-/m0/s1. The van der Waals surface area contributed by atoms with E-state index in [1.807, 2.05) is 4.72 Å². The van der Waals surface area contributed by atoms with E-state index >= 15 is 0 Å². The highest BCUT2D eigenvalue weighted by atomic mass is 32.2. The molecule has 1 heterocycles. The molecule has 0 radical (unpaired) electrons. The number of fused-ring (bicyclic) bond motifs is 1. The van der Waals surface area contributed by atoms with E-state index in [0.717, 1.165) is 6.07 Å². The highest BCUT2D eigenvalue weighted by Gasteiger charge is 2.28. The van der Waals surface area contributed by atoms with Crippen LogP contribution in [0.3, 0.4) is 0 Å². The number of hydrogen-bond donors (Lipinski definition) is 2. The molecule has 0 saturated heterocycles. The molecule has 2 N–H and O–H groups in total. The summed E-state index contributed by atoms with van der Waals surface area (Å²) >= 11 is 0. The van der Waals surface area contributed by atoms with Crippen LogP contribution in [-0.2, 0) is 26.0 Å². The van der Waals surface area contributed by atoms with Gasteiger partial charge in [0.05, 0.1) is 17.0 Å². The van der Waals surface area contributed by atoms with E-state index in [2.05, 4.69) is 5.32 Å². The lowest BCUT2D eigenvalue weighted by molar-refractivity contribution is -0.123. The first kappa shape index (κ1) is 18.8. The molecule has 1 aliphatic rings. The fourth-order valence-corrected chi connectivity index (χ4v) is 3.65. The van der Waals surface area contributed by atoms with Gasteiger partial charge in [0.25, 0.3) is 15.9 Å². The number of benzene rings is 2. The van der Waals surface area contributed by atoms with Crippen LogP contribution >= 0.6 is 0 Å². The summed E-state index contributed by atoms with van der Waals surface area (Å²) in [6, 6.07) is 9.25. The summed E-state index contributed by atoms with van der Waals surface area (Å²) in [7, 11) is -4.16. The van der Waals surface area contributed by atoms with Gasteiger partial charge in [-0.15, -0.1) is 0 Å². The van der Waals surface area contributed by atoms with E-state index in [1.165, 1.54) is 36.4 Å². The molecule has 0 saturated carbocycles. The van der Waals surface area contributed by atoms with Gasteiger partial charge < -0.3 is 10.1 Å². The monoisotopic (exact) mass is 392 g/mol. The predicted octanol–water partition coefficient (Wildman–Crippen LogP) is 1.98. The normalized spacial score (nSPS) is 16.1. The maximum absolute atomic E-state index is 13.2. The second kappa shape index (κ2) is 7.36. The Morgan fingerprint density at radius 2 is 2.04 bits per heavy atom. The van der Waals surface area contributed by atoms with Crippen molar-refractivity contribution in [1.29, 1.82) is 0 Å². The second-order valence-corrected chi connectivity index (χ2v) is 7.68. The topological polar surface area (TPSA) is 102 Å². The van der Waals surface area contributed by atoms with Crippen molar-refractivity contribution in [3.8, 4) is 5.75 Å². The number of hydrogen-bond acceptors (Lipinski definition) is 5. The molecule has 1 atom stereocenters. The number of sulfonamides is 1. The van der Waals surface area contributed by atoms with Crippen LogP contribution < -0.4 is 14.8 Å². The number of ether oxygens (including phenoxy) is 1. The van der Waals surface area contributed by atoms with Gasteiger partial charge in [-0.3, -0.25) is 9.59 Å². The number of anilines is 1. The molecule has 27 heavy (non-hydrogen) atoms. The van der Waals surface area contributed by atoms with Crippen LogP contribution in [0.2, 0.25) is 0 Å². The molecule has 0 spiro atoms. The Hall–Kier alpha value is -2.94. The maximum Gasteiger partial charge on any atom is 0.265 e. The third-order valence-electron chi connectivity index (χ3n) is 3.95. The molecular formula is C18H17FN2O5S. The highest BCUT2D eigenvalue weighted by Crippen LogP contribution is 2.32. The van der Waals surface area contributed by atoms with Crippen molar-refractivity contribution in [1.82, 2.24) is 4.72 Å². The highest BCUT2D eigenvalue weighted by molar-refractivity contribution is 7.90. The van der Waals surface area contributed by atoms with Crippen LogP contribution in [0.5, 0.6) is 5.75 Å². The van der Waals surface area contributed by atoms with Crippen molar-refractivity contribution in [3.63, 3.8) is 0 Å². The van der Waals surface area contributed by atoms with Gasteiger partial charge in [-0.2, -0.15) is 0 Å². The first-order valence-electron chi connectivity index (χ1n) is 8.20. The van der Waals surface area contributed by atoms with Crippen LogP contribution in [-0.4, -0.2) is 26.3 Å². The Morgan fingerprint density at radius 1 is 1.26 bits per heavy atom. The lowest BCUT2D eigenvalue weighted by Crippen LogP contribution is -2.36. The van der Waals surface area contributed by atoms with Crippen LogP contribution in [0.1, 0.15) is 18.9 Å². The minimum Gasteiger partial charge on any atom is -0.478 e. The molecule has 0 aromatic heterocycles. The molecule has 1 aliphatic heterocycles. The SMILES string of the molecule is CC[C@@H]1Oc2ccc(S(=O)(=O)NC(=O)Cc3cccc(F)c3)cc2NC1=O. The molecule has 7 nitrogen and oxygen atoms in total. The van der Waals surface area contributed by atoms with Gasteiger partial charge in [0.1, 0.15) is 11.6 Å². The minimum absolute atomic E-state index is 0.201. The number of carbonyl (C=O) groups excluding carboxylic acids is 2. The van der Waals surface area contributed by atoms with Gasteiger partial charge in [0, 0.05) is 0 Å². The van der Waals surface area contributed by atoms with E-state index in [4.69, 9.17) is 4.74 Å². The molecule has 142 valence electrons. The zero-order chi connectivity index (χ0) is 19.6. The van der Waals surface area contributed by atoms with E-state index < -0.39 is 27.9 Å². The number of amides is 2. The second-order valence-electron chi connectivity index (χ2n) is 6.00. The van der Waals surface area contributed by atoms with Gasteiger partial charge in [0.15, 0.2) is 6.10 Å². The van der Waals surface area contributed by atoms with Crippen molar-refractivity contribution in [2.24, 2.45) is 0 Å².